The van der Waals surface area contributed by atoms with Crippen LogP contribution in [-0.2, 0) is 0 Å². The zero-order chi connectivity index (χ0) is 10.1. The zero-order valence-corrected chi connectivity index (χ0v) is 9.99. The van der Waals surface area contributed by atoms with E-state index < -0.39 is 0 Å². The second kappa shape index (κ2) is 3.93. The Balaban J connectivity index is 2.60. The van der Waals surface area contributed by atoms with Gasteiger partial charge in [0.15, 0.2) is 0 Å². The van der Waals surface area contributed by atoms with Crippen molar-refractivity contribution in [2.24, 2.45) is 0 Å². The van der Waals surface area contributed by atoms with Crippen molar-refractivity contribution in [2.45, 2.75) is 0 Å². The van der Waals surface area contributed by atoms with Crippen molar-refractivity contribution in [3.63, 3.8) is 0 Å². The van der Waals surface area contributed by atoms with Crippen LogP contribution in [-0.4, -0.2) is 10.2 Å². The second-order valence-electron chi connectivity index (χ2n) is 2.68. The van der Waals surface area contributed by atoms with Crippen LogP contribution in [0.2, 0.25) is 10.2 Å². The van der Waals surface area contributed by atoms with Gasteiger partial charge in [-0.1, -0.05) is 57.3 Å². The monoisotopic (exact) mass is 290 g/mol. The van der Waals surface area contributed by atoms with Crippen LogP contribution in [0.5, 0.6) is 0 Å². The van der Waals surface area contributed by atoms with Crippen LogP contribution in [0, 0.1) is 0 Å². The summed E-state index contributed by atoms with van der Waals surface area (Å²) in [6.45, 7) is 0. The van der Waals surface area contributed by atoms with E-state index >= 15 is 0 Å². The predicted octanol–water partition coefficient (Wildman–Crippen LogP) is 4.15. The maximum absolute atomic E-state index is 5.97. The number of hydrogen-bond acceptors (Lipinski definition) is 1. The van der Waals surface area contributed by atoms with Crippen molar-refractivity contribution < 1.29 is 0 Å². The van der Waals surface area contributed by atoms with Gasteiger partial charge in [-0.05, 0) is 6.07 Å². The highest BCUT2D eigenvalue weighted by Gasteiger charge is 2.12. The number of halogens is 3. The first-order valence-corrected chi connectivity index (χ1v) is 5.39. The molecule has 72 valence electrons. The molecule has 0 bridgehead atoms. The molecule has 0 aliphatic carbocycles. The highest BCUT2D eigenvalue weighted by atomic mass is 79.9. The quantitative estimate of drug-likeness (QED) is 0.840. The number of nitrogens with zero attached hydrogens (tertiary/aromatic N) is 1. The van der Waals surface area contributed by atoms with Crippen LogP contribution >= 0.6 is 39.1 Å². The molecule has 0 spiro atoms. The summed E-state index contributed by atoms with van der Waals surface area (Å²) >= 11 is 15.2. The van der Waals surface area contributed by atoms with E-state index in [1.165, 1.54) is 0 Å². The highest BCUT2D eigenvalue weighted by Crippen LogP contribution is 2.34. The lowest BCUT2D eigenvalue weighted by molar-refractivity contribution is 1.09. The van der Waals surface area contributed by atoms with Gasteiger partial charge in [-0.3, -0.25) is 5.10 Å². The molecule has 5 heteroatoms. The van der Waals surface area contributed by atoms with Gasteiger partial charge in [0, 0.05) is 10.0 Å². The molecule has 0 amide bonds. The topological polar surface area (TPSA) is 28.7 Å². The van der Waals surface area contributed by atoms with Crippen molar-refractivity contribution in [3.8, 4) is 11.3 Å². The van der Waals surface area contributed by atoms with E-state index in [0.717, 1.165) is 10.0 Å². The number of hydrogen-bond donors (Lipinski definition) is 1. The molecule has 2 nitrogen and oxygen atoms in total. The molecule has 1 N–H and O–H groups in total. The SMILES string of the molecule is Clc1[nH]nc(-c2ccccc2Br)c1Cl. The average molecular weight is 292 g/mol. The molecule has 0 aliphatic rings. The van der Waals surface area contributed by atoms with Gasteiger partial charge in [0.2, 0.25) is 0 Å². The molecule has 14 heavy (non-hydrogen) atoms. The lowest BCUT2D eigenvalue weighted by atomic mass is 10.2. The van der Waals surface area contributed by atoms with Crippen molar-refractivity contribution in [1.82, 2.24) is 10.2 Å². The van der Waals surface area contributed by atoms with Crippen LogP contribution in [0.4, 0.5) is 0 Å². The molecule has 1 heterocycles. The fourth-order valence-corrected chi connectivity index (χ4v) is 1.93. The molecular formula is C9H5BrCl2N2. The molecule has 2 rings (SSSR count). The Morgan fingerprint density at radius 2 is 1.93 bits per heavy atom. The van der Waals surface area contributed by atoms with E-state index in [4.69, 9.17) is 23.2 Å². The second-order valence-corrected chi connectivity index (χ2v) is 4.29. The summed E-state index contributed by atoms with van der Waals surface area (Å²) in [7, 11) is 0. The minimum absolute atomic E-state index is 0.359. The summed E-state index contributed by atoms with van der Waals surface area (Å²) in [6.07, 6.45) is 0. The third-order valence-electron chi connectivity index (χ3n) is 1.80. The van der Waals surface area contributed by atoms with Gasteiger partial charge in [0.05, 0.1) is 0 Å². The van der Waals surface area contributed by atoms with Crippen LogP contribution in [0.25, 0.3) is 11.3 Å². The van der Waals surface area contributed by atoms with Crippen LogP contribution < -0.4 is 0 Å². The van der Waals surface area contributed by atoms with E-state index in [1.54, 1.807) is 0 Å². The molecule has 2 aromatic rings. The van der Waals surface area contributed by atoms with Gasteiger partial charge in [-0.2, -0.15) is 5.10 Å². The number of aromatic amines is 1. The van der Waals surface area contributed by atoms with E-state index in [2.05, 4.69) is 26.1 Å². The lowest BCUT2D eigenvalue weighted by Gasteiger charge is -1.99. The Hall–Kier alpha value is -0.510. The maximum atomic E-state index is 5.97. The fourth-order valence-electron chi connectivity index (χ4n) is 1.14. The fraction of sp³-hybridized carbons (Fsp3) is 0. The molecule has 1 aromatic carbocycles. The molecular weight excluding hydrogens is 287 g/mol. The predicted molar refractivity (Wildman–Crippen MR) is 61.7 cm³/mol. The third kappa shape index (κ3) is 1.67. The largest absolute Gasteiger partial charge is 0.265 e. The molecule has 1 aromatic heterocycles. The normalized spacial score (nSPS) is 10.5. The first kappa shape index (κ1) is 10.0. The van der Waals surface area contributed by atoms with Gasteiger partial charge >= 0.3 is 0 Å². The van der Waals surface area contributed by atoms with Crippen LogP contribution in [0.3, 0.4) is 0 Å². The van der Waals surface area contributed by atoms with Crippen molar-refractivity contribution in [2.75, 3.05) is 0 Å². The molecule has 0 aliphatic heterocycles. The first-order chi connectivity index (χ1) is 6.70. The summed E-state index contributed by atoms with van der Waals surface area (Å²) < 4.78 is 0.935. The van der Waals surface area contributed by atoms with Crippen LogP contribution in [0.15, 0.2) is 28.7 Å². The molecule has 0 unspecified atom stereocenters. The Morgan fingerprint density at radius 1 is 1.21 bits per heavy atom. The third-order valence-corrected chi connectivity index (χ3v) is 3.23. The molecule has 0 saturated carbocycles. The summed E-state index contributed by atoms with van der Waals surface area (Å²) in [5, 5.41) is 7.45. The first-order valence-electron chi connectivity index (χ1n) is 3.84. The van der Waals surface area contributed by atoms with Gasteiger partial charge in [-0.15, -0.1) is 0 Å². The lowest BCUT2D eigenvalue weighted by Crippen LogP contribution is -1.80. The molecule has 0 radical (unpaired) electrons. The van der Waals surface area contributed by atoms with Crippen molar-refractivity contribution in [1.29, 1.82) is 0 Å². The Kier molecular flexibility index (Phi) is 2.81. The number of H-pyrrole nitrogens is 1. The number of rotatable bonds is 1. The standard InChI is InChI=1S/C9H5BrCl2N2/c10-6-4-2-1-3-5(6)8-7(11)9(12)14-13-8/h1-4H,(H,13,14). The molecule has 0 fully saturated rings. The zero-order valence-electron chi connectivity index (χ0n) is 6.89. The van der Waals surface area contributed by atoms with E-state index in [1.807, 2.05) is 24.3 Å². The van der Waals surface area contributed by atoms with Gasteiger partial charge < -0.3 is 0 Å². The van der Waals surface area contributed by atoms with Crippen molar-refractivity contribution >= 4 is 39.1 Å². The minimum atomic E-state index is 0.359. The summed E-state index contributed by atoms with van der Waals surface area (Å²) in [5.41, 5.74) is 1.57. The maximum Gasteiger partial charge on any atom is 0.143 e. The van der Waals surface area contributed by atoms with E-state index in [0.29, 0.717) is 15.9 Å². The van der Waals surface area contributed by atoms with Crippen LogP contribution in [0.1, 0.15) is 0 Å². The summed E-state index contributed by atoms with van der Waals surface area (Å²) in [6, 6.07) is 7.69. The van der Waals surface area contributed by atoms with Gasteiger partial charge in [0.25, 0.3) is 0 Å². The summed E-state index contributed by atoms with van der Waals surface area (Å²) in [5.74, 6) is 0. The highest BCUT2D eigenvalue weighted by molar-refractivity contribution is 9.10. The van der Waals surface area contributed by atoms with Gasteiger partial charge in [0.1, 0.15) is 15.9 Å². The van der Waals surface area contributed by atoms with Gasteiger partial charge in [-0.25, -0.2) is 0 Å². The summed E-state index contributed by atoms with van der Waals surface area (Å²) in [4.78, 5) is 0. The molecule has 0 atom stereocenters. The Labute approximate surface area is 99.4 Å². The number of benzene rings is 1. The van der Waals surface area contributed by atoms with E-state index in [-0.39, 0.29) is 0 Å². The minimum Gasteiger partial charge on any atom is -0.265 e. The number of aromatic nitrogens is 2. The number of nitrogens with one attached hydrogen (secondary N) is 1. The van der Waals surface area contributed by atoms with E-state index in [9.17, 15) is 0 Å². The Morgan fingerprint density at radius 3 is 2.50 bits per heavy atom. The molecule has 0 saturated heterocycles. The Bertz CT molecular complexity index is 468. The smallest absolute Gasteiger partial charge is 0.143 e. The average Bonchev–Trinajstić information content (AvgIpc) is 2.49. The van der Waals surface area contributed by atoms with Crippen molar-refractivity contribution in [3.05, 3.63) is 38.9 Å².